The fourth-order valence-electron chi connectivity index (χ4n) is 1.92. The van der Waals surface area contributed by atoms with Crippen LogP contribution in [0.1, 0.15) is 32.1 Å². The molecule has 1 unspecified atom stereocenters. The van der Waals surface area contributed by atoms with Crippen molar-refractivity contribution in [3.8, 4) is 0 Å². The average Bonchev–Trinajstić information content (AvgIpc) is 2.17. The average molecular weight is 204 g/mol. The predicted octanol–water partition coefficient (Wildman–Crippen LogP) is 1.64. The zero-order valence-electron chi connectivity index (χ0n) is 8.38. The molecule has 0 aliphatic heterocycles. The number of rotatable bonds is 5. The van der Waals surface area contributed by atoms with E-state index in [-0.39, 0.29) is 0 Å². The molecule has 0 aromatic rings. The molecule has 0 heterocycles. The molecule has 1 fully saturated rings. The highest BCUT2D eigenvalue weighted by molar-refractivity contribution is 7.29. The Bertz CT molecular complexity index is 127. The molecule has 3 N–H and O–H groups in total. The van der Waals surface area contributed by atoms with E-state index in [1.54, 1.807) is 0 Å². The molecule has 0 saturated heterocycles. The molecule has 0 aromatic heterocycles. The van der Waals surface area contributed by atoms with Crippen molar-refractivity contribution in [1.29, 1.82) is 0 Å². The standard InChI is InChI=1S/C9H21N2OP/c1-11-13-12-9-4-2-8(3-5-9)6-7-10/h8-9,11,13H,2-7,10H2,1H3. The minimum absolute atomic E-state index is 0.464. The van der Waals surface area contributed by atoms with Crippen molar-refractivity contribution in [1.82, 2.24) is 5.09 Å². The van der Waals surface area contributed by atoms with Crippen LogP contribution in [0.25, 0.3) is 0 Å². The normalized spacial score (nSPS) is 30.0. The molecule has 1 rings (SSSR count). The summed E-state index contributed by atoms with van der Waals surface area (Å²) < 4.78 is 5.64. The van der Waals surface area contributed by atoms with Gasteiger partial charge in [0.1, 0.15) is 0 Å². The van der Waals surface area contributed by atoms with Crippen LogP contribution < -0.4 is 10.8 Å². The van der Waals surface area contributed by atoms with Gasteiger partial charge in [0.2, 0.25) is 0 Å². The Morgan fingerprint density at radius 2 is 2.08 bits per heavy atom. The Morgan fingerprint density at radius 1 is 1.38 bits per heavy atom. The van der Waals surface area contributed by atoms with E-state index in [2.05, 4.69) is 5.09 Å². The predicted molar refractivity (Wildman–Crippen MR) is 57.9 cm³/mol. The van der Waals surface area contributed by atoms with Crippen molar-refractivity contribution in [2.75, 3.05) is 13.6 Å². The van der Waals surface area contributed by atoms with E-state index >= 15 is 0 Å². The van der Waals surface area contributed by atoms with Crippen molar-refractivity contribution in [2.24, 2.45) is 11.7 Å². The molecule has 13 heavy (non-hydrogen) atoms. The van der Waals surface area contributed by atoms with Gasteiger partial charge in [0.05, 0.1) is 15.1 Å². The summed E-state index contributed by atoms with van der Waals surface area (Å²) in [5.74, 6) is 0.864. The highest BCUT2D eigenvalue weighted by Gasteiger charge is 2.20. The second-order valence-corrected chi connectivity index (χ2v) is 4.63. The molecule has 1 saturated carbocycles. The Morgan fingerprint density at radius 3 is 2.62 bits per heavy atom. The largest absolute Gasteiger partial charge is 0.343 e. The Kier molecular flexibility index (Phi) is 5.88. The van der Waals surface area contributed by atoms with Crippen molar-refractivity contribution >= 4 is 8.96 Å². The van der Waals surface area contributed by atoms with Crippen LogP contribution in [0, 0.1) is 5.92 Å². The monoisotopic (exact) mass is 204 g/mol. The van der Waals surface area contributed by atoms with E-state index in [1.165, 1.54) is 32.1 Å². The molecule has 0 spiro atoms. The summed E-state index contributed by atoms with van der Waals surface area (Å²) in [6.07, 6.45) is 6.74. The summed E-state index contributed by atoms with van der Waals surface area (Å²) in [7, 11) is 2.39. The molecule has 1 aliphatic rings. The van der Waals surface area contributed by atoms with Crippen LogP contribution in [0.5, 0.6) is 0 Å². The molecule has 0 aromatic carbocycles. The van der Waals surface area contributed by atoms with E-state index < -0.39 is 0 Å². The van der Waals surface area contributed by atoms with Crippen molar-refractivity contribution < 1.29 is 4.52 Å². The van der Waals surface area contributed by atoms with Gasteiger partial charge >= 0.3 is 0 Å². The molecule has 0 radical (unpaired) electrons. The first kappa shape index (κ1) is 11.4. The van der Waals surface area contributed by atoms with Crippen LogP contribution in [-0.2, 0) is 4.52 Å². The van der Waals surface area contributed by atoms with Crippen LogP contribution >= 0.6 is 8.96 Å². The van der Waals surface area contributed by atoms with Gasteiger partial charge in [0.25, 0.3) is 0 Å². The van der Waals surface area contributed by atoms with E-state index in [9.17, 15) is 0 Å². The summed E-state index contributed by atoms with van der Waals surface area (Å²) in [4.78, 5) is 0. The van der Waals surface area contributed by atoms with Crippen molar-refractivity contribution in [3.05, 3.63) is 0 Å². The Balaban J connectivity index is 2.08. The number of nitrogens with one attached hydrogen (secondary N) is 1. The summed E-state index contributed by atoms with van der Waals surface area (Å²) in [6, 6.07) is 0. The maximum absolute atomic E-state index is 5.64. The second-order valence-electron chi connectivity index (χ2n) is 3.69. The van der Waals surface area contributed by atoms with Crippen molar-refractivity contribution in [3.63, 3.8) is 0 Å². The first-order valence-corrected chi connectivity index (χ1v) is 6.05. The third-order valence-electron chi connectivity index (χ3n) is 2.70. The summed E-state index contributed by atoms with van der Waals surface area (Å²) in [5.41, 5.74) is 5.53. The molecule has 0 amide bonds. The maximum Gasteiger partial charge on any atom is 0.0862 e. The zero-order chi connectivity index (χ0) is 9.52. The minimum atomic E-state index is 0.464. The lowest BCUT2D eigenvalue weighted by Gasteiger charge is -2.27. The number of hydrogen-bond donors (Lipinski definition) is 2. The fraction of sp³-hybridized carbons (Fsp3) is 1.00. The van der Waals surface area contributed by atoms with E-state index in [0.717, 1.165) is 12.5 Å². The lowest BCUT2D eigenvalue weighted by molar-refractivity contribution is 0.146. The topological polar surface area (TPSA) is 47.3 Å². The van der Waals surface area contributed by atoms with Gasteiger partial charge in [-0.05, 0) is 51.6 Å². The fourth-order valence-corrected chi connectivity index (χ4v) is 2.44. The first-order valence-electron chi connectivity index (χ1n) is 5.14. The Labute approximate surface area is 82.7 Å². The lowest BCUT2D eigenvalue weighted by Crippen LogP contribution is -2.21. The van der Waals surface area contributed by atoms with Gasteiger partial charge in [-0.1, -0.05) is 0 Å². The zero-order valence-corrected chi connectivity index (χ0v) is 9.38. The van der Waals surface area contributed by atoms with Crippen LogP contribution in [0.4, 0.5) is 0 Å². The highest BCUT2D eigenvalue weighted by Crippen LogP contribution is 2.30. The molecule has 3 nitrogen and oxygen atoms in total. The quantitative estimate of drug-likeness (QED) is 0.669. The molecule has 0 bridgehead atoms. The summed E-state index contributed by atoms with van der Waals surface area (Å²) in [6.45, 7) is 0.842. The summed E-state index contributed by atoms with van der Waals surface area (Å²) in [5, 5.41) is 3.04. The van der Waals surface area contributed by atoms with E-state index in [1.807, 2.05) is 7.05 Å². The van der Waals surface area contributed by atoms with Gasteiger partial charge in [0, 0.05) is 0 Å². The van der Waals surface area contributed by atoms with Gasteiger partial charge in [0.15, 0.2) is 0 Å². The Hall–Kier alpha value is 0.310. The maximum atomic E-state index is 5.64. The molecular weight excluding hydrogens is 183 g/mol. The third kappa shape index (κ3) is 4.37. The van der Waals surface area contributed by atoms with Crippen LogP contribution in [0.15, 0.2) is 0 Å². The van der Waals surface area contributed by atoms with Gasteiger partial charge in [-0.3, -0.25) is 5.09 Å². The summed E-state index contributed by atoms with van der Waals surface area (Å²) >= 11 is 0. The first-order chi connectivity index (χ1) is 6.36. The SMILES string of the molecule is CNPOC1CCC(CCN)CC1. The van der Waals surface area contributed by atoms with Crippen LogP contribution in [-0.4, -0.2) is 19.7 Å². The number of hydrogen-bond acceptors (Lipinski definition) is 3. The van der Waals surface area contributed by atoms with Gasteiger partial charge < -0.3 is 10.3 Å². The highest BCUT2D eigenvalue weighted by atomic mass is 31.1. The minimum Gasteiger partial charge on any atom is -0.343 e. The van der Waals surface area contributed by atoms with E-state index in [4.69, 9.17) is 10.3 Å². The molecule has 78 valence electrons. The van der Waals surface area contributed by atoms with Crippen LogP contribution in [0.2, 0.25) is 0 Å². The molecule has 4 heteroatoms. The second kappa shape index (κ2) is 6.72. The number of nitrogens with two attached hydrogens (primary N) is 1. The van der Waals surface area contributed by atoms with Crippen LogP contribution in [0.3, 0.4) is 0 Å². The van der Waals surface area contributed by atoms with E-state index in [0.29, 0.717) is 15.1 Å². The smallest absolute Gasteiger partial charge is 0.0862 e. The van der Waals surface area contributed by atoms with Gasteiger partial charge in [-0.25, -0.2) is 0 Å². The van der Waals surface area contributed by atoms with Gasteiger partial charge in [-0.2, -0.15) is 0 Å². The van der Waals surface area contributed by atoms with Crippen molar-refractivity contribution in [2.45, 2.75) is 38.2 Å². The third-order valence-corrected chi connectivity index (χ3v) is 3.35. The molecular formula is C9H21N2OP. The molecule has 1 aliphatic carbocycles. The molecule has 1 atom stereocenters. The van der Waals surface area contributed by atoms with Gasteiger partial charge in [-0.15, -0.1) is 0 Å². The lowest BCUT2D eigenvalue weighted by atomic mass is 9.85.